The lowest BCUT2D eigenvalue weighted by atomic mass is 10.1. The normalized spacial score (nSPS) is 12.1. The third kappa shape index (κ3) is 5.61. The number of methoxy groups -OCH3 is 3. The van der Waals surface area contributed by atoms with Gasteiger partial charge < -0.3 is 19.9 Å². The van der Waals surface area contributed by atoms with Crippen molar-refractivity contribution in [1.29, 1.82) is 0 Å². The zero-order valence-electron chi connectivity index (χ0n) is 19.5. The number of ether oxygens (including phenoxy) is 3. The van der Waals surface area contributed by atoms with Gasteiger partial charge in [-0.25, -0.2) is 13.2 Å². The number of esters is 1. The molecule has 0 bridgehead atoms. The first kappa shape index (κ1) is 25.7. The van der Waals surface area contributed by atoms with Crippen LogP contribution in [-0.2, 0) is 26.1 Å². The molecule has 0 spiro atoms. The van der Waals surface area contributed by atoms with Gasteiger partial charge in [-0.1, -0.05) is 42.5 Å². The molecule has 0 aliphatic carbocycles. The number of carbonyl (C=O) groups excluding carboxylic acids is 2. The van der Waals surface area contributed by atoms with E-state index in [-0.39, 0.29) is 17.2 Å². The summed E-state index contributed by atoms with van der Waals surface area (Å²) in [5, 5.41) is 0. The number of primary amides is 1. The second kappa shape index (κ2) is 11.0. The van der Waals surface area contributed by atoms with Gasteiger partial charge in [-0.2, -0.15) is 4.31 Å². The van der Waals surface area contributed by atoms with Crippen molar-refractivity contribution in [2.75, 3.05) is 21.3 Å². The highest BCUT2D eigenvalue weighted by atomic mass is 32.2. The average molecular weight is 499 g/mol. The Bertz CT molecular complexity index is 1290. The van der Waals surface area contributed by atoms with E-state index in [9.17, 15) is 18.0 Å². The monoisotopic (exact) mass is 498 g/mol. The van der Waals surface area contributed by atoms with Gasteiger partial charge in [-0.05, 0) is 35.4 Å². The summed E-state index contributed by atoms with van der Waals surface area (Å²) in [6.07, 6.45) is 0. The van der Waals surface area contributed by atoms with Crippen LogP contribution in [-0.4, -0.2) is 45.9 Å². The number of rotatable bonds is 10. The molecule has 3 aromatic carbocycles. The van der Waals surface area contributed by atoms with Crippen LogP contribution in [0, 0.1) is 0 Å². The Morgan fingerprint density at radius 1 is 0.886 bits per heavy atom. The van der Waals surface area contributed by atoms with Gasteiger partial charge >= 0.3 is 5.97 Å². The molecule has 0 aliphatic rings. The number of carbonyl (C=O) groups is 2. The van der Waals surface area contributed by atoms with Gasteiger partial charge in [0.25, 0.3) is 0 Å². The van der Waals surface area contributed by atoms with E-state index in [0.29, 0.717) is 22.4 Å². The Labute approximate surface area is 204 Å². The maximum absolute atomic E-state index is 13.9. The van der Waals surface area contributed by atoms with Crippen molar-refractivity contribution in [1.82, 2.24) is 4.31 Å². The van der Waals surface area contributed by atoms with Crippen molar-refractivity contribution in [3.63, 3.8) is 0 Å². The van der Waals surface area contributed by atoms with Crippen LogP contribution in [0.5, 0.6) is 11.5 Å². The maximum atomic E-state index is 13.9. The van der Waals surface area contributed by atoms with Crippen molar-refractivity contribution in [3.8, 4) is 11.5 Å². The second-order valence-electron chi connectivity index (χ2n) is 7.47. The summed E-state index contributed by atoms with van der Waals surface area (Å²) in [4.78, 5) is 24.3. The summed E-state index contributed by atoms with van der Waals surface area (Å²) in [5.41, 5.74) is 6.98. The molecule has 10 heteroatoms. The summed E-state index contributed by atoms with van der Waals surface area (Å²) >= 11 is 0. The Hall–Kier alpha value is -3.89. The van der Waals surface area contributed by atoms with Gasteiger partial charge in [-0.3, -0.25) is 4.79 Å². The van der Waals surface area contributed by atoms with Crippen LogP contribution in [0.15, 0.2) is 77.7 Å². The van der Waals surface area contributed by atoms with Crippen molar-refractivity contribution in [2.45, 2.75) is 17.5 Å². The minimum atomic E-state index is -4.28. The van der Waals surface area contributed by atoms with E-state index in [0.717, 1.165) is 4.31 Å². The van der Waals surface area contributed by atoms with Crippen LogP contribution in [0.1, 0.15) is 27.5 Å². The molecule has 3 aromatic rings. The van der Waals surface area contributed by atoms with Crippen LogP contribution in [0.3, 0.4) is 0 Å². The zero-order valence-corrected chi connectivity index (χ0v) is 20.3. The molecule has 184 valence electrons. The Morgan fingerprint density at radius 2 is 1.51 bits per heavy atom. The van der Waals surface area contributed by atoms with Crippen LogP contribution < -0.4 is 15.2 Å². The topological polar surface area (TPSA) is 125 Å². The number of hydrogen-bond acceptors (Lipinski definition) is 7. The molecule has 0 saturated heterocycles. The first-order valence-electron chi connectivity index (χ1n) is 10.5. The largest absolute Gasteiger partial charge is 0.493 e. The van der Waals surface area contributed by atoms with E-state index in [1.165, 1.54) is 51.7 Å². The first-order valence-corrected chi connectivity index (χ1v) is 11.9. The van der Waals surface area contributed by atoms with Gasteiger partial charge in [0.1, 0.15) is 6.04 Å². The van der Waals surface area contributed by atoms with Crippen molar-refractivity contribution in [2.24, 2.45) is 5.73 Å². The van der Waals surface area contributed by atoms with Crippen LogP contribution in [0.2, 0.25) is 0 Å². The summed E-state index contributed by atoms with van der Waals surface area (Å²) < 4.78 is 44.0. The molecule has 0 saturated carbocycles. The van der Waals surface area contributed by atoms with E-state index in [1.807, 2.05) is 0 Å². The highest BCUT2D eigenvalue weighted by Crippen LogP contribution is 2.34. The first-order chi connectivity index (χ1) is 16.7. The van der Waals surface area contributed by atoms with Crippen LogP contribution in [0.4, 0.5) is 0 Å². The standard InChI is InChI=1S/C25H26N2O7S/c1-32-21-14-13-20(15-22(21)33-2)35(30,31)27(23(24(26)28)18-7-5-4-6-8-18)16-17-9-11-19(12-10-17)25(29)34-3/h4-15,23H,16H2,1-3H3,(H2,26,28). The summed E-state index contributed by atoms with van der Waals surface area (Å²) in [6, 6.07) is 17.5. The number of nitrogens with zero attached hydrogens (tertiary/aromatic N) is 1. The summed E-state index contributed by atoms with van der Waals surface area (Å²) in [6.45, 7) is -0.194. The van der Waals surface area contributed by atoms with E-state index >= 15 is 0 Å². The Kier molecular flexibility index (Phi) is 8.10. The third-order valence-corrected chi connectivity index (χ3v) is 7.15. The fraction of sp³-hybridized carbons (Fsp3) is 0.200. The van der Waals surface area contributed by atoms with Gasteiger partial charge in [0.15, 0.2) is 11.5 Å². The molecule has 35 heavy (non-hydrogen) atoms. The molecule has 3 rings (SSSR count). The lowest BCUT2D eigenvalue weighted by Crippen LogP contribution is -2.41. The van der Waals surface area contributed by atoms with Gasteiger partial charge in [0, 0.05) is 12.6 Å². The molecule has 0 aromatic heterocycles. The average Bonchev–Trinajstić information content (AvgIpc) is 2.88. The third-order valence-electron chi connectivity index (χ3n) is 5.35. The lowest BCUT2D eigenvalue weighted by molar-refractivity contribution is -0.122. The molecule has 0 radical (unpaired) electrons. The quantitative estimate of drug-likeness (QED) is 0.426. The van der Waals surface area contributed by atoms with Gasteiger partial charge in [0.2, 0.25) is 15.9 Å². The van der Waals surface area contributed by atoms with Crippen molar-refractivity contribution in [3.05, 3.63) is 89.5 Å². The molecule has 0 heterocycles. The maximum Gasteiger partial charge on any atom is 0.337 e. The highest BCUT2D eigenvalue weighted by Gasteiger charge is 2.36. The number of nitrogens with two attached hydrogens (primary N) is 1. The minimum absolute atomic E-state index is 0.108. The number of benzene rings is 3. The molecule has 2 N–H and O–H groups in total. The molecule has 1 amide bonds. The van der Waals surface area contributed by atoms with E-state index in [1.54, 1.807) is 42.5 Å². The van der Waals surface area contributed by atoms with Crippen molar-refractivity contribution < 1.29 is 32.2 Å². The fourth-order valence-corrected chi connectivity index (χ4v) is 5.17. The van der Waals surface area contributed by atoms with E-state index < -0.39 is 27.9 Å². The molecule has 0 aliphatic heterocycles. The summed E-state index contributed by atoms with van der Waals surface area (Å²) in [5.74, 6) is -0.797. The summed E-state index contributed by atoms with van der Waals surface area (Å²) in [7, 11) is -0.173. The molecule has 1 atom stereocenters. The number of sulfonamides is 1. The zero-order chi connectivity index (χ0) is 25.6. The van der Waals surface area contributed by atoms with Crippen molar-refractivity contribution >= 4 is 21.9 Å². The van der Waals surface area contributed by atoms with Crippen LogP contribution in [0.25, 0.3) is 0 Å². The second-order valence-corrected chi connectivity index (χ2v) is 9.36. The number of amides is 1. The molecular formula is C25H26N2O7S. The lowest BCUT2D eigenvalue weighted by Gasteiger charge is -2.29. The van der Waals surface area contributed by atoms with E-state index in [2.05, 4.69) is 0 Å². The fourth-order valence-electron chi connectivity index (χ4n) is 3.58. The van der Waals surface area contributed by atoms with Crippen LogP contribution >= 0.6 is 0 Å². The number of hydrogen-bond donors (Lipinski definition) is 1. The Balaban J connectivity index is 2.13. The molecule has 9 nitrogen and oxygen atoms in total. The van der Waals surface area contributed by atoms with Gasteiger partial charge in [-0.15, -0.1) is 0 Å². The smallest absolute Gasteiger partial charge is 0.337 e. The predicted octanol–water partition coefficient (Wildman–Crippen LogP) is 2.91. The molecule has 0 fully saturated rings. The van der Waals surface area contributed by atoms with E-state index in [4.69, 9.17) is 19.9 Å². The minimum Gasteiger partial charge on any atom is -0.493 e. The highest BCUT2D eigenvalue weighted by molar-refractivity contribution is 7.89. The molecule has 1 unspecified atom stereocenters. The SMILES string of the molecule is COC(=O)c1ccc(CN(C(C(N)=O)c2ccccc2)S(=O)(=O)c2ccc(OC)c(OC)c2)cc1. The Morgan fingerprint density at radius 3 is 2.06 bits per heavy atom. The van der Waals surface area contributed by atoms with Gasteiger partial charge in [0.05, 0.1) is 31.8 Å². The predicted molar refractivity (Wildman–Crippen MR) is 128 cm³/mol. The molecular weight excluding hydrogens is 472 g/mol.